The molecule has 6 heteroatoms. The normalized spacial score (nSPS) is 19.5. The quantitative estimate of drug-likeness (QED) is 0.771. The maximum atomic E-state index is 12.3. The average molecular weight is 310 g/mol. The molecule has 1 fully saturated rings. The fourth-order valence-electron chi connectivity index (χ4n) is 2.62. The van der Waals surface area contributed by atoms with E-state index in [1.165, 1.54) is 7.11 Å². The van der Waals surface area contributed by atoms with E-state index in [0.29, 0.717) is 19.4 Å². The molecule has 1 atom stereocenters. The van der Waals surface area contributed by atoms with Crippen LogP contribution in [0.4, 0.5) is 0 Å². The Labute approximate surface area is 129 Å². The summed E-state index contributed by atoms with van der Waals surface area (Å²) in [6, 6.07) is 4.16. The summed E-state index contributed by atoms with van der Waals surface area (Å²) in [5, 5.41) is 2.00. The van der Waals surface area contributed by atoms with Gasteiger partial charge in [0.25, 0.3) is 0 Å². The first kappa shape index (κ1) is 16.0. The van der Waals surface area contributed by atoms with Gasteiger partial charge in [0, 0.05) is 37.1 Å². The molecule has 21 heavy (non-hydrogen) atoms. The third-order valence-electron chi connectivity index (χ3n) is 3.80. The van der Waals surface area contributed by atoms with Gasteiger partial charge in [0.1, 0.15) is 0 Å². The highest BCUT2D eigenvalue weighted by atomic mass is 32.1. The largest absolute Gasteiger partial charge is 0.469 e. The van der Waals surface area contributed by atoms with Crippen molar-refractivity contribution in [3.63, 3.8) is 0 Å². The summed E-state index contributed by atoms with van der Waals surface area (Å²) >= 11 is 1.62. The van der Waals surface area contributed by atoms with Crippen LogP contribution in [0.2, 0.25) is 0 Å². The number of thiophene rings is 1. The van der Waals surface area contributed by atoms with Gasteiger partial charge < -0.3 is 9.64 Å². The highest BCUT2D eigenvalue weighted by molar-refractivity contribution is 7.10. The smallest absolute Gasteiger partial charge is 0.306 e. The Hall–Kier alpha value is -1.40. The predicted octanol–water partition coefficient (Wildman–Crippen LogP) is 1.39. The van der Waals surface area contributed by atoms with Gasteiger partial charge in [-0.05, 0) is 18.4 Å². The predicted molar refractivity (Wildman–Crippen MR) is 82.3 cm³/mol. The minimum absolute atomic E-state index is 0.182. The molecule has 0 radical (unpaired) electrons. The van der Waals surface area contributed by atoms with Gasteiger partial charge in [-0.3, -0.25) is 14.5 Å². The summed E-state index contributed by atoms with van der Waals surface area (Å²) in [6.45, 7) is 5.12. The lowest BCUT2D eigenvalue weighted by Crippen LogP contribution is -2.54. The van der Waals surface area contributed by atoms with E-state index in [-0.39, 0.29) is 17.9 Å². The van der Waals surface area contributed by atoms with Crippen LogP contribution in [0.3, 0.4) is 0 Å². The van der Waals surface area contributed by atoms with Crippen LogP contribution in [0.15, 0.2) is 17.5 Å². The van der Waals surface area contributed by atoms with Gasteiger partial charge in [0.05, 0.1) is 20.0 Å². The van der Waals surface area contributed by atoms with Crippen molar-refractivity contribution in [2.75, 3.05) is 33.3 Å². The van der Waals surface area contributed by atoms with Gasteiger partial charge >= 0.3 is 5.97 Å². The van der Waals surface area contributed by atoms with Crippen LogP contribution in [0.1, 0.15) is 18.2 Å². The molecule has 2 heterocycles. The second-order valence-electron chi connectivity index (χ2n) is 5.32. The first-order valence-corrected chi connectivity index (χ1v) is 8.09. The summed E-state index contributed by atoms with van der Waals surface area (Å²) in [4.78, 5) is 28.8. The minimum Gasteiger partial charge on any atom is -0.469 e. The molecule has 0 saturated carbocycles. The fourth-order valence-corrected chi connectivity index (χ4v) is 3.32. The molecule has 1 aliphatic rings. The molecule has 116 valence electrons. The second kappa shape index (κ2) is 7.56. The first-order valence-electron chi connectivity index (χ1n) is 7.21. The number of hydrogen-bond acceptors (Lipinski definition) is 5. The summed E-state index contributed by atoms with van der Waals surface area (Å²) in [5.41, 5.74) is 0. The van der Waals surface area contributed by atoms with Crippen LogP contribution in [-0.2, 0) is 20.7 Å². The molecule has 0 aromatic carbocycles. The molecule has 0 N–H and O–H groups in total. The number of piperazine rings is 1. The van der Waals surface area contributed by atoms with Crippen molar-refractivity contribution in [2.45, 2.75) is 25.8 Å². The van der Waals surface area contributed by atoms with Crippen LogP contribution >= 0.6 is 11.3 Å². The molecule has 0 aliphatic carbocycles. The maximum absolute atomic E-state index is 12.3. The van der Waals surface area contributed by atoms with Crippen molar-refractivity contribution in [3.8, 4) is 0 Å². The van der Waals surface area contributed by atoms with E-state index < -0.39 is 0 Å². The summed E-state index contributed by atoms with van der Waals surface area (Å²) in [7, 11) is 1.41. The molecule has 1 amide bonds. The molecule has 1 saturated heterocycles. The second-order valence-corrected chi connectivity index (χ2v) is 6.35. The molecule has 0 spiro atoms. The van der Waals surface area contributed by atoms with E-state index in [9.17, 15) is 9.59 Å². The van der Waals surface area contributed by atoms with Crippen molar-refractivity contribution < 1.29 is 14.3 Å². The highest BCUT2D eigenvalue weighted by Crippen LogP contribution is 2.15. The summed E-state index contributed by atoms with van der Waals surface area (Å²) in [5.74, 6) is 0.0106. The van der Waals surface area contributed by atoms with E-state index in [1.807, 2.05) is 22.4 Å². The first-order chi connectivity index (χ1) is 10.1. The number of rotatable bonds is 5. The zero-order chi connectivity index (χ0) is 15.2. The molecule has 5 nitrogen and oxygen atoms in total. The van der Waals surface area contributed by atoms with Crippen LogP contribution in [0.5, 0.6) is 0 Å². The molecule has 1 aromatic heterocycles. The zero-order valence-corrected chi connectivity index (χ0v) is 13.4. The van der Waals surface area contributed by atoms with Crippen LogP contribution in [0.25, 0.3) is 0 Å². The standard InChI is InChI=1S/C15H22N2O3S/c1-12-11-16(6-5-15(19)20-2)7-8-17(12)14(18)10-13-4-3-9-21-13/h3-4,9,12H,5-8,10-11H2,1-2H3/t12-/m0/s1. The highest BCUT2D eigenvalue weighted by Gasteiger charge is 2.27. The van der Waals surface area contributed by atoms with Crippen molar-refractivity contribution in [2.24, 2.45) is 0 Å². The van der Waals surface area contributed by atoms with E-state index in [0.717, 1.165) is 24.5 Å². The Balaban J connectivity index is 1.80. The lowest BCUT2D eigenvalue weighted by atomic mass is 10.1. The maximum Gasteiger partial charge on any atom is 0.306 e. The Bertz CT molecular complexity index is 475. The summed E-state index contributed by atoms with van der Waals surface area (Å²) < 4.78 is 4.66. The Morgan fingerprint density at radius 1 is 1.43 bits per heavy atom. The van der Waals surface area contributed by atoms with Gasteiger partial charge in [-0.2, -0.15) is 0 Å². The number of nitrogens with zero attached hydrogens (tertiary/aromatic N) is 2. The van der Waals surface area contributed by atoms with Crippen LogP contribution in [-0.4, -0.2) is 61.0 Å². The number of hydrogen-bond donors (Lipinski definition) is 0. The third kappa shape index (κ3) is 4.54. The monoisotopic (exact) mass is 310 g/mol. The average Bonchev–Trinajstić information content (AvgIpc) is 2.97. The number of methoxy groups -OCH3 is 1. The van der Waals surface area contributed by atoms with Crippen molar-refractivity contribution in [1.29, 1.82) is 0 Å². The van der Waals surface area contributed by atoms with Crippen molar-refractivity contribution in [1.82, 2.24) is 9.80 Å². The van der Waals surface area contributed by atoms with E-state index in [4.69, 9.17) is 0 Å². The summed E-state index contributed by atoms with van der Waals surface area (Å²) in [6.07, 6.45) is 0.899. The lowest BCUT2D eigenvalue weighted by molar-refractivity contribution is -0.142. The van der Waals surface area contributed by atoms with Gasteiger partial charge in [0.15, 0.2) is 0 Å². The zero-order valence-electron chi connectivity index (χ0n) is 12.6. The number of ether oxygens (including phenoxy) is 1. The van der Waals surface area contributed by atoms with Crippen molar-refractivity contribution >= 4 is 23.2 Å². The Kier molecular flexibility index (Phi) is 5.76. The molecule has 0 unspecified atom stereocenters. The number of carbonyl (C=O) groups excluding carboxylic acids is 2. The number of amides is 1. The molecular weight excluding hydrogens is 288 g/mol. The van der Waals surface area contributed by atoms with Crippen LogP contribution < -0.4 is 0 Å². The third-order valence-corrected chi connectivity index (χ3v) is 4.67. The van der Waals surface area contributed by atoms with Gasteiger partial charge in [0.2, 0.25) is 5.91 Å². The SMILES string of the molecule is COC(=O)CCN1CCN(C(=O)Cc2cccs2)[C@@H](C)C1. The minimum atomic E-state index is -0.182. The van der Waals surface area contributed by atoms with Crippen LogP contribution in [0, 0.1) is 0 Å². The van der Waals surface area contributed by atoms with Gasteiger partial charge in [-0.25, -0.2) is 0 Å². The van der Waals surface area contributed by atoms with Gasteiger partial charge in [-0.1, -0.05) is 6.07 Å². The number of carbonyl (C=O) groups is 2. The molecule has 1 aromatic rings. The molecule has 0 bridgehead atoms. The van der Waals surface area contributed by atoms with E-state index in [1.54, 1.807) is 11.3 Å². The molecule has 2 rings (SSSR count). The number of esters is 1. The Morgan fingerprint density at radius 3 is 2.86 bits per heavy atom. The van der Waals surface area contributed by atoms with E-state index in [2.05, 4.69) is 16.6 Å². The lowest BCUT2D eigenvalue weighted by Gasteiger charge is -2.39. The topological polar surface area (TPSA) is 49.9 Å². The molecule has 1 aliphatic heterocycles. The Morgan fingerprint density at radius 2 is 2.24 bits per heavy atom. The van der Waals surface area contributed by atoms with Crippen molar-refractivity contribution in [3.05, 3.63) is 22.4 Å². The van der Waals surface area contributed by atoms with Gasteiger partial charge in [-0.15, -0.1) is 11.3 Å². The van der Waals surface area contributed by atoms with E-state index >= 15 is 0 Å². The fraction of sp³-hybridized carbons (Fsp3) is 0.600. The molecular formula is C15H22N2O3S.